The first-order chi connectivity index (χ1) is 21.6. The highest BCUT2D eigenvalue weighted by molar-refractivity contribution is 5.85. The van der Waals surface area contributed by atoms with E-state index in [1.54, 1.807) is 19.5 Å². The van der Waals surface area contributed by atoms with Crippen molar-refractivity contribution in [1.29, 1.82) is 0 Å². The zero-order valence-corrected chi connectivity index (χ0v) is 24.3. The number of ether oxygens (including phenoxy) is 1. The molecule has 0 fully saturated rings. The molecule has 0 saturated heterocycles. The average Bonchev–Trinajstić information content (AvgIpc) is 3.61. The fourth-order valence-corrected chi connectivity index (χ4v) is 6.31. The molecule has 7 rings (SSSR count). The van der Waals surface area contributed by atoms with Crippen LogP contribution in [0.4, 0.5) is 0 Å². The molecule has 2 heterocycles. The first-order valence-electron chi connectivity index (χ1n) is 14.6. The van der Waals surface area contributed by atoms with Crippen LogP contribution in [0.2, 0.25) is 0 Å². The minimum atomic E-state index is -1.56. The summed E-state index contributed by atoms with van der Waals surface area (Å²) in [5.41, 5.74) is 2.80. The van der Waals surface area contributed by atoms with Crippen molar-refractivity contribution >= 4 is 10.8 Å². The molecule has 0 radical (unpaired) electrons. The third kappa shape index (κ3) is 4.46. The quantitative estimate of drug-likeness (QED) is 0.191. The molecule has 0 amide bonds. The Morgan fingerprint density at radius 1 is 0.591 bits per heavy atom. The molecule has 1 N–H and O–H groups in total. The van der Waals surface area contributed by atoms with E-state index < -0.39 is 11.1 Å². The van der Waals surface area contributed by atoms with Crippen LogP contribution in [0.15, 0.2) is 164 Å². The van der Waals surface area contributed by atoms with E-state index in [0.29, 0.717) is 16.8 Å². The second-order valence-corrected chi connectivity index (χ2v) is 10.8. The van der Waals surface area contributed by atoms with E-state index in [9.17, 15) is 5.11 Å². The van der Waals surface area contributed by atoms with Crippen LogP contribution in [0.3, 0.4) is 0 Å². The number of aromatic nitrogens is 3. The summed E-state index contributed by atoms with van der Waals surface area (Å²) in [6.07, 6.45) is 7.21. The number of nitrogens with zero attached hydrogens (tertiary/aromatic N) is 3. The maximum atomic E-state index is 12.8. The molecule has 5 aromatic carbocycles. The van der Waals surface area contributed by atoms with Crippen molar-refractivity contribution in [2.24, 2.45) is 0 Å². The summed E-state index contributed by atoms with van der Waals surface area (Å²) in [7, 11) is 1.66. The highest BCUT2D eigenvalue weighted by atomic mass is 16.5. The Kier molecular flexibility index (Phi) is 7.01. The molecular weight excluding hydrogens is 542 g/mol. The first kappa shape index (κ1) is 27.3. The van der Waals surface area contributed by atoms with E-state index in [4.69, 9.17) is 9.72 Å². The zero-order chi connectivity index (χ0) is 30.0. The number of rotatable bonds is 8. The maximum Gasteiger partial charge on any atom is 0.158 e. The van der Waals surface area contributed by atoms with Gasteiger partial charge in [0.2, 0.25) is 0 Å². The molecule has 7 aromatic rings. The van der Waals surface area contributed by atoms with Gasteiger partial charge in [-0.15, -0.1) is 0 Å². The van der Waals surface area contributed by atoms with Crippen LogP contribution >= 0.6 is 0 Å². The van der Waals surface area contributed by atoms with Gasteiger partial charge in [0, 0.05) is 18.6 Å². The van der Waals surface area contributed by atoms with Crippen LogP contribution in [0.25, 0.3) is 10.8 Å². The summed E-state index contributed by atoms with van der Waals surface area (Å²) >= 11 is 0. The Morgan fingerprint density at radius 2 is 1.14 bits per heavy atom. The third-order valence-electron chi connectivity index (χ3n) is 8.48. The summed E-state index contributed by atoms with van der Waals surface area (Å²) in [6, 6.07) is 46.9. The summed E-state index contributed by atoms with van der Waals surface area (Å²) < 4.78 is 7.56. The summed E-state index contributed by atoms with van der Waals surface area (Å²) in [4.78, 5) is 9.19. The van der Waals surface area contributed by atoms with Gasteiger partial charge in [0.1, 0.15) is 11.3 Å². The number of aliphatic hydroxyl groups is 1. The number of fused-ring (bicyclic) bond motifs is 1. The van der Waals surface area contributed by atoms with Crippen molar-refractivity contribution in [3.05, 3.63) is 198 Å². The Bertz CT molecular complexity index is 1910. The first-order valence-corrected chi connectivity index (χ1v) is 14.6. The van der Waals surface area contributed by atoms with Crippen molar-refractivity contribution < 1.29 is 9.84 Å². The highest BCUT2D eigenvalue weighted by Crippen LogP contribution is 2.43. The molecule has 2 aromatic heterocycles. The van der Waals surface area contributed by atoms with E-state index >= 15 is 0 Å². The number of hydrogen-bond acceptors (Lipinski definition) is 4. The van der Waals surface area contributed by atoms with E-state index in [0.717, 1.165) is 33.2 Å². The SMILES string of the molecule is COc1ccc2cc(C(O)(c3ccncc3)c3cn(C(c4ccccc4)(c4ccccc4)c4ccccc4)cn3)ccc2c1. The van der Waals surface area contributed by atoms with Gasteiger partial charge in [0.05, 0.1) is 19.1 Å². The number of hydrogen-bond donors (Lipinski definition) is 1. The standard InChI is InChI=1S/C39H31N3O2/c1-44-36-20-18-29-25-35(19-17-30(29)26-36)39(43,34-21-23-40-24-22-34)37-27-42(28-41-37)38(31-11-5-2-6-12-31,32-13-7-3-8-14-32)33-15-9-4-10-16-33/h2-28,43H,1H3. The lowest BCUT2D eigenvalue weighted by Gasteiger charge is -2.37. The van der Waals surface area contributed by atoms with Crippen LogP contribution in [-0.2, 0) is 11.1 Å². The van der Waals surface area contributed by atoms with Crippen molar-refractivity contribution in [2.45, 2.75) is 11.1 Å². The maximum absolute atomic E-state index is 12.8. The van der Waals surface area contributed by atoms with Crippen molar-refractivity contribution in [3.8, 4) is 5.75 Å². The van der Waals surface area contributed by atoms with Gasteiger partial charge >= 0.3 is 0 Å². The van der Waals surface area contributed by atoms with Gasteiger partial charge in [-0.25, -0.2) is 4.98 Å². The highest BCUT2D eigenvalue weighted by Gasteiger charge is 2.42. The molecule has 0 aliphatic carbocycles. The monoisotopic (exact) mass is 573 g/mol. The molecule has 0 aliphatic rings. The van der Waals surface area contributed by atoms with Crippen molar-refractivity contribution in [3.63, 3.8) is 0 Å². The molecule has 0 spiro atoms. The number of imidazole rings is 1. The van der Waals surface area contributed by atoms with Gasteiger partial charge in [-0.3, -0.25) is 4.98 Å². The van der Waals surface area contributed by atoms with E-state index in [1.165, 1.54) is 0 Å². The molecule has 1 atom stereocenters. The van der Waals surface area contributed by atoms with E-state index in [-0.39, 0.29) is 0 Å². The van der Waals surface area contributed by atoms with Crippen molar-refractivity contribution in [2.75, 3.05) is 7.11 Å². The Hall–Kier alpha value is -5.52. The van der Waals surface area contributed by atoms with Gasteiger partial charge in [0.25, 0.3) is 0 Å². The Labute approximate surface area is 256 Å². The van der Waals surface area contributed by atoms with Gasteiger partial charge < -0.3 is 14.4 Å². The third-order valence-corrected chi connectivity index (χ3v) is 8.48. The fraction of sp³-hybridized carbons (Fsp3) is 0.0769. The molecule has 214 valence electrons. The lowest BCUT2D eigenvalue weighted by atomic mass is 9.76. The zero-order valence-electron chi connectivity index (χ0n) is 24.3. The summed E-state index contributed by atoms with van der Waals surface area (Å²) in [6.45, 7) is 0. The van der Waals surface area contributed by atoms with Crippen LogP contribution in [0, 0.1) is 0 Å². The minimum Gasteiger partial charge on any atom is -0.497 e. The molecule has 0 aliphatic heterocycles. The summed E-state index contributed by atoms with van der Waals surface area (Å²) in [5.74, 6) is 0.785. The Morgan fingerprint density at radius 3 is 1.70 bits per heavy atom. The second-order valence-electron chi connectivity index (χ2n) is 10.8. The molecule has 5 heteroatoms. The van der Waals surface area contributed by atoms with E-state index in [2.05, 4.69) is 82.3 Å². The molecule has 0 bridgehead atoms. The topological polar surface area (TPSA) is 60.2 Å². The van der Waals surface area contributed by atoms with Crippen LogP contribution < -0.4 is 4.74 Å². The number of benzene rings is 5. The molecule has 1 unspecified atom stereocenters. The summed E-state index contributed by atoms with van der Waals surface area (Å²) in [5, 5.41) is 14.9. The average molecular weight is 574 g/mol. The lowest BCUT2D eigenvalue weighted by molar-refractivity contribution is 0.121. The largest absolute Gasteiger partial charge is 0.497 e. The molecule has 5 nitrogen and oxygen atoms in total. The normalized spacial score (nSPS) is 13.0. The van der Waals surface area contributed by atoms with Crippen molar-refractivity contribution in [1.82, 2.24) is 14.5 Å². The molecule has 0 saturated carbocycles. The second kappa shape index (κ2) is 11.3. The lowest BCUT2D eigenvalue weighted by Crippen LogP contribution is -2.37. The minimum absolute atomic E-state index is 0.503. The van der Waals surface area contributed by atoms with Gasteiger partial charge in [-0.05, 0) is 68.9 Å². The molecule has 44 heavy (non-hydrogen) atoms. The van der Waals surface area contributed by atoms with Gasteiger partial charge in [0.15, 0.2) is 5.60 Å². The van der Waals surface area contributed by atoms with Crippen LogP contribution in [0.1, 0.15) is 33.5 Å². The fourth-order valence-electron chi connectivity index (χ4n) is 6.31. The van der Waals surface area contributed by atoms with Crippen LogP contribution in [-0.4, -0.2) is 26.8 Å². The van der Waals surface area contributed by atoms with Gasteiger partial charge in [-0.1, -0.05) is 109 Å². The van der Waals surface area contributed by atoms with Gasteiger partial charge in [-0.2, -0.15) is 0 Å². The predicted molar refractivity (Wildman–Crippen MR) is 174 cm³/mol. The molecular formula is C39H31N3O2. The number of pyridine rings is 1. The Balaban J connectivity index is 1.48. The number of methoxy groups -OCH3 is 1. The predicted octanol–water partition coefficient (Wildman–Crippen LogP) is 7.56. The van der Waals surface area contributed by atoms with E-state index in [1.807, 2.05) is 79.3 Å². The smallest absolute Gasteiger partial charge is 0.158 e. The van der Waals surface area contributed by atoms with Crippen LogP contribution in [0.5, 0.6) is 5.75 Å².